The number of hydrogen-bond acceptors (Lipinski definition) is 8. The number of hydrogen-bond donors (Lipinski definition) is 2. The van der Waals surface area contributed by atoms with Crippen LogP contribution in [0.4, 0.5) is 17.8 Å². The van der Waals surface area contributed by atoms with Gasteiger partial charge in [-0.25, -0.2) is 4.79 Å². The Morgan fingerprint density at radius 3 is 2.35 bits per heavy atom. The van der Waals surface area contributed by atoms with E-state index in [2.05, 4.69) is 30.3 Å². The van der Waals surface area contributed by atoms with Crippen LogP contribution in [0.15, 0.2) is 0 Å². The van der Waals surface area contributed by atoms with Gasteiger partial charge in [0.2, 0.25) is 17.8 Å². The van der Waals surface area contributed by atoms with Crippen LogP contribution >= 0.6 is 0 Å². The zero-order chi connectivity index (χ0) is 15.1. The van der Waals surface area contributed by atoms with E-state index in [-0.39, 0.29) is 5.97 Å². The topological polar surface area (TPSA) is 92.3 Å². The number of nitrogens with one attached hydrogen (secondary N) is 2. The lowest BCUT2D eigenvalue weighted by Gasteiger charge is -2.20. The van der Waals surface area contributed by atoms with Crippen LogP contribution in [0.1, 0.15) is 20.8 Å². The molecule has 1 heterocycles. The van der Waals surface area contributed by atoms with Gasteiger partial charge in [0.05, 0.1) is 7.11 Å². The summed E-state index contributed by atoms with van der Waals surface area (Å²) in [5.41, 5.74) is 0. The number of carbonyl (C=O) groups is 1. The molecule has 0 saturated heterocycles. The summed E-state index contributed by atoms with van der Waals surface area (Å²) in [6.07, 6.45) is 0. The molecule has 1 rings (SSSR count). The van der Waals surface area contributed by atoms with E-state index in [1.165, 1.54) is 7.11 Å². The van der Waals surface area contributed by atoms with Gasteiger partial charge in [-0.3, -0.25) is 0 Å². The first-order valence-electron chi connectivity index (χ1n) is 6.58. The summed E-state index contributed by atoms with van der Waals surface area (Å²) in [5.74, 6) is 0.973. The largest absolute Gasteiger partial charge is 0.467 e. The maximum absolute atomic E-state index is 11.4. The number of carbonyl (C=O) groups excluding carboxylic acids is 1. The smallest absolute Gasteiger partial charge is 0.328 e. The van der Waals surface area contributed by atoms with Gasteiger partial charge in [-0.1, -0.05) is 0 Å². The molecule has 0 aliphatic rings. The van der Waals surface area contributed by atoms with Crippen molar-refractivity contribution >= 4 is 23.8 Å². The molecule has 0 saturated carbocycles. The van der Waals surface area contributed by atoms with Crippen molar-refractivity contribution in [1.82, 2.24) is 15.0 Å². The van der Waals surface area contributed by atoms with E-state index >= 15 is 0 Å². The average molecular weight is 282 g/mol. The molecular formula is C12H22N6O2. The zero-order valence-electron chi connectivity index (χ0n) is 12.6. The van der Waals surface area contributed by atoms with Crippen LogP contribution in [0.25, 0.3) is 0 Å². The quantitative estimate of drug-likeness (QED) is 0.707. The van der Waals surface area contributed by atoms with E-state index in [1.54, 1.807) is 14.0 Å². The second-order valence-corrected chi connectivity index (χ2v) is 4.09. The SMILES string of the molecule is CCN(CC)c1nc(NC)nc(NC(C)C(=O)OC)n1. The van der Waals surface area contributed by atoms with Crippen molar-refractivity contribution in [3.8, 4) is 0 Å². The van der Waals surface area contributed by atoms with Crippen molar-refractivity contribution in [2.75, 3.05) is 42.8 Å². The summed E-state index contributed by atoms with van der Waals surface area (Å²) < 4.78 is 4.66. The second kappa shape index (κ2) is 7.46. The van der Waals surface area contributed by atoms with Gasteiger partial charge >= 0.3 is 5.97 Å². The number of methoxy groups -OCH3 is 1. The van der Waals surface area contributed by atoms with Crippen molar-refractivity contribution in [2.24, 2.45) is 0 Å². The lowest BCUT2D eigenvalue weighted by Crippen LogP contribution is -2.30. The van der Waals surface area contributed by atoms with E-state index in [9.17, 15) is 4.79 Å². The second-order valence-electron chi connectivity index (χ2n) is 4.09. The molecule has 8 nitrogen and oxygen atoms in total. The lowest BCUT2D eigenvalue weighted by molar-refractivity contribution is -0.141. The maximum atomic E-state index is 11.4. The number of esters is 1. The average Bonchev–Trinajstić information content (AvgIpc) is 2.47. The molecule has 0 aromatic carbocycles. The van der Waals surface area contributed by atoms with Crippen molar-refractivity contribution in [1.29, 1.82) is 0 Å². The Hall–Kier alpha value is -2.12. The molecule has 0 aliphatic carbocycles. The van der Waals surface area contributed by atoms with Gasteiger partial charge < -0.3 is 20.3 Å². The first-order chi connectivity index (χ1) is 9.55. The fourth-order valence-electron chi connectivity index (χ4n) is 1.62. The van der Waals surface area contributed by atoms with Crippen molar-refractivity contribution in [2.45, 2.75) is 26.8 Å². The Morgan fingerprint density at radius 2 is 1.85 bits per heavy atom. The summed E-state index contributed by atoms with van der Waals surface area (Å²) in [7, 11) is 3.07. The van der Waals surface area contributed by atoms with Gasteiger partial charge in [0, 0.05) is 20.1 Å². The highest BCUT2D eigenvalue weighted by Crippen LogP contribution is 2.13. The molecule has 8 heteroatoms. The molecule has 0 aliphatic heterocycles. The van der Waals surface area contributed by atoms with Crippen LogP contribution in [0.2, 0.25) is 0 Å². The Kier molecular flexibility index (Phi) is 5.95. The number of nitrogens with zero attached hydrogens (tertiary/aromatic N) is 4. The molecule has 1 atom stereocenters. The van der Waals surface area contributed by atoms with Gasteiger partial charge in [-0.2, -0.15) is 15.0 Å². The predicted octanol–water partition coefficient (Wildman–Crippen LogP) is 0.733. The monoisotopic (exact) mass is 282 g/mol. The van der Waals surface area contributed by atoms with E-state index < -0.39 is 6.04 Å². The number of ether oxygens (including phenoxy) is 1. The summed E-state index contributed by atoms with van der Waals surface area (Å²) in [5, 5.41) is 5.79. The van der Waals surface area contributed by atoms with Gasteiger partial charge in [0.25, 0.3) is 0 Å². The first-order valence-corrected chi connectivity index (χ1v) is 6.58. The molecule has 1 aromatic heterocycles. The standard InChI is InChI=1S/C12H22N6O2/c1-6-18(7-2)12-16-10(13-4)15-11(17-12)14-8(3)9(19)20-5/h8H,6-7H2,1-5H3,(H2,13,14,15,16,17). The van der Waals surface area contributed by atoms with Crippen LogP contribution in [-0.4, -0.2) is 54.2 Å². The fourth-order valence-corrected chi connectivity index (χ4v) is 1.62. The Bertz CT molecular complexity index is 450. The zero-order valence-corrected chi connectivity index (χ0v) is 12.6. The molecule has 0 radical (unpaired) electrons. The lowest BCUT2D eigenvalue weighted by atomic mass is 10.3. The highest BCUT2D eigenvalue weighted by atomic mass is 16.5. The molecule has 0 bridgehead atoms. The number of anilines is 3. The van der Waals surface area contributed by atoms with Gasteiger partial charge in [-0.15, -0.1) is 0 Å². The Labute approximate surface area is 119 Å². The highest BCUT2D eigenvalue weighted by Gasteiger charge is 2.16. The molecule has 20 heavy (non-hydrogen) atoms. The van der Waals surface area contributed by atoms with Gasteiger partial charge in [0.15, 0.2) is 0 Å². The van der Waals surface area contributed by atoms with Crippen LogP contribution in [0.3, 0.4) is 0 Å². The minimum Gasteiger partial charge on any atom is -0.467 e. The maximum Gasteiger partial charge on any atom is 0.328 e. The summed E-state index contributed by atoms with van der Waals surface area (Å²) >= 11 is 0. The predicted molar refractivity (Wildman–Crippen MR) is 78.0 cm³/mol. The van der Waals surface area contributed by atoms with E-state index in [0.717, 1.165) is 13.1 Å². The number of rotatable bonds is 7. The molecule has 1 unspecified atom stereocenters. The first kappa shape index (κ1) is 15.9. The van der Waals surface area contributed by atoms with E-state index in [0.29, 0.717) is 17.8 Å². The van der Waals surface area contributed by atoms with Crippen molar-refractivity contribution < 1.29 is 9.53 Å². The van der Waals surface area contributed by atoms with Crippen LogP contribution in [-0.2, 0) is 9.53 Å². The minimum atomic E-state index is -0.531. The number of aromatic nitrogens is 3. The Balaban J connectivity index is 3.01. The fraction of sp³-hybridized carbons (Fsp3) is 0.667. The third-order valence-electron chi connectivity index (χ3n) is 2.79. The molecule has 0 spiro atoms. The molecule has 1 aromatic rings. The van der Waals surface area contributed by atoms with E-state index in [4.69, 9.17) is 0 Å². The molecule has 112 valence electrons. The molecular weight excluding hydrogens is 260 g/mol. The van der Waals surface area contributed by atoms with E-state index in [1.807, 2.05) is 18.7 Å². The van der Waals surface area contributed by atoms with Crippen molar-refractivity contribution in [3.05, 3.63) is 0 Å². The molecule has 0 fully saturated rings. The van der Waals surface area contributed by atoms with Crippen LogP contribution in [0.5, 0.6) is 0 Å². The normalized spacial score (nSPS) is 11.7. The highest BCUT2D eigenvalue weighted by molar-refractivity contribution is 5.78. The van der Waals surface area contributed by atoms with Crippen LogP contribution in [0, 0.1) is 0 Å². The summed E-state index contributed by atoms with van der Waals surface area (Å²) in [4.78, 5) is 26.2. The van der Waals surface area contributed by atoms with Gasteiger partial charge in [-0.05, 0) is 20.8 Å². The minimum absolute atomic E-state index is 0.337. The van der Waals surface area contributed by atoms with Crippen LogP contribution < -0.4 is 15.5 Å². The van der Waals surface area contributed by atoms with Gasteiger partial charge in [0.1, 0.15) is 6.04 Å². The molecule has 0 amide bonds. The Morgan fingerprint density at radius 1 is 1.25 bits per heavy atom. The third kappa shape index (κ3) is 3.94. The molecule has 2 N–H and O–H groups in total. The summed E-state index contributed by atoms with van der Waals surface area (Å²) in [6.45, 7) is 7.31. The third-order valence-corrected chi connectivity index (χ3v) is 2.79. The summed E-state index contributed by atoms with van der Waals surface area (Å²) in [6, 6.07) is -0.531. The van der Waals surface area contributed by atoms with Crippen molar-refractivity contribution in [3.63, 3.8) is 0 Å².